The van der Waals surface area contributed by atoms with Crippen molar-refractivity contribution in [1.29, 1.82) is 0 Å². The van der Waals surface area contributed by atoms with Gasteiger partial charge in [-0.05, 0) is 48.6 Å². The van der Waals surface area contributed by atoms with Crippen LogP contribution in [0.4, 0.5) is 11.5 Å². The first-order valence-electron chi connectivity index (χ1n) is 8.29. The molecule has 1 aliphatic heterocycles. The highest BCUT2D eigenvalue weighted by Gasteiger charge is 2.16. The van der Waals surface area contributed by atoms with Crippen LogP contribution < -0.4 is 9.62 Å². The van der Waals surface area contributed by atoms with Crippen molar-refractivity contribution >= 4 is 21.5 Å². The van der Waals surface area contributed by atoms with Gasteiger partial charge < -0.3 is 4.90 Å². The fourth-order valence-electron chi connectivity index (χ4n) is 2.83. The van der Waals surface area contributed by atoms with Gasteiger partial charge in [-0.1, -0.05) is 26.0 Å². The minimum Gasteiger partial charge on any atom is -0.357 e. The molecule has 5 nitrogen and oxygen atoms in total. The third-order valence-electron chi connectivity index (χ3n) is 4.29. The van der Waals surface area contributed by atoms with Gasteiger partial charge in [-0.25, -0.2) is 13.4 Å². The topological polar surface area (TPSA) is 62.3 Å². The zero-order chi connectivity index (χ0) is 17.2. The first kappa shape index (κ1) is 16.8. The predicted octanol–water partition coefficient (Wildman–Crippen LogP) is 3.61. The molecule has 6 heteroatoms. The number of rotatable bonds is 5. The standard InChI is InChI=1S/C18H23N3O2S/c1-14(2)15-5-8-17(9-6-15)24(22,23)20-16-7-10-18(19-13-16)21-11-3-4-12-21/h5-10,13-14,20H,3-4,11-12H2,1-2H3. The van der Waals surface area contributed by atoms with E-state index in [2.05, 4.69) is 28.5 Å². The SMILES string of the molecule is CC(C)c1ccc(S(=O)(=O)Nc2ccc(N3CCCC3)nc2)cc1. The molecule has 2 heterocycles. The van der Waals surface area contributed by atoms with Gasteiger partial charge in [-0.3, -0.25) is 4.72 Å². The number of benzene rings is 1. The van der Waals surface area contributed by atoms with Gasteiger partial charge in [0.1, 0.15) is 5.82 Å². The van der Waals surface area contributed by atoms with Gasteiger partial charge in [0, 0.05) is 13.1 Å². The zero-order valence-electron chi connectivity index (χ0n) is 14.1. The van der Waals surface area contributed by atoms with Gasteiger partial charge in [0.15, 0.2) is 0 Å². The van der Waals surface area contributed by atoms with Crippen LogP contribution in [-0.4, -0.2) is 26.5 Å². The highest BCUT2D eigenvalue weighted by Crippen LogP contribution is 2.22. The zero-order valence-corrected chi connectivity index (χ0v) is 14.9. The maximum Gasteiger partial charge on any atom is 0.261 e. The summed E-state index contributed by atoms with van der Waals surface area (Å²) in [7, 11) is -3.59. The smallest absolute Gasteiger partial charge is 0.261 e. The van der Waals surface area contributed by atoms with Crippen LogP contribution in [0.2, 0.25) is 0 Å². The van der Waals surface area contributed by atoms with Crippen LogP contribution >= 0.6 is 0 Å². The van der Waals surface area contributed by atoms with Crippen LogP contribution in [0, 0.1) is 0 Å². The van der Waals surface area contributed by atoms with Gasteiger partial charge >= 0.3 is 0 Å². The summed E-state index contributed by atoms with van der Waals surface area (Å²) >= 11 is 0. The second kappa shape index (κ2) is 6.81. The Morgan fingerprint density at radius 2 is 1.71 bits per heavy atom. The van der Waals surface area contributed by atoms with Crippen LogP contribution in [0.1, 0.15) is 38.2 Å². The monoisotopic (exact) mass is 345 g/mol. The molecule has 1 aromatic heterocycles. The summed E-state index contributed by atoms with van der Waals surface area (Å²) in [6, 6.07) is 10.6. The Balaban J connectivity index is 1.73. The molecule has 0 spiro atoms. The molecule has 0 amide bonds. The fraction of sp³-hybridized carbons (Fsp3) is 0.389. The minimum atomic E-state index is -3.59. The largest absolute Gasteiger partial charge is 0.357 e. The van der Waals surface area contributed by atoms with E-state index in [1.807, 2.05) is 18.2 Å². The van der Waals surface area contributed by atoms with Crippen LogP contribution in [0.3, 0.4) is 0 Å². The average Bonchev–Trinajstić information content (AvgIpc) is 3.10. The van der Waals surface area contributed by atoms with E-state index in [0.29, 0.717) is 11.6 Å². The molecule has 1 saturated heterocycles. The van der Waals surface area contributed by atoms with Gasteiger partial charge in [0.25, 0.3) is 10.0 Å². The van der Waals surface area contributed by atoms with E-state index < -0.39 is 10.0 Å². The van der Waals surface area contributed by atoms with Gasteiger partial charge in [-0.2, -0.15) is 0 Å². The third-order valence-corrected chi connectivity index (χ3v) is 5.68. The summed E-state index contributed by atoms with van der Waals surface area (Å²) in [5.41, 5.74) is 1.59. The van der Waals surface area contributed by atoms with Crippen molar-refractivity contribution in [3.63, 3.8) is 0 Å². The normalized spacial score (nSPS) is 15.0. The molecule has 1 fully saturated rings. The molecule has 1 aliphatic rings. The van der Waals surface area contributed by atoms with Crippen molar-refractivity contribution in [2.24, 2.45) is 0 Å². The summed E-state index contributed by atoms with van der Waals surface area (Å²) in [6.45, 7) is 6.19. The summed E-state index contributed by atoms with van der Waals surface area (Å²) in [6.07, 6.45) is 3.94. The number of hydrogen-bond acceptors (Lipinski definition) is 4. The Labute approximate surface area is 143 Å². The molecule has 3 rings (SSSR count). The van der Waals surface area contributed by atoms with E-state index in [1.165, 1.54) is 12.8 Å². The second-order valence-corrected chi connectivity index (χ2v) is 8.11. The van der Waals surface area contributed by atoms with E-state index in [1.54, 1.807) is 24.4 Å². The number of hydrogen-bond donors (Lipinski definition) is 1. The summed E-state index contributed by atoms with van der Waals surface area (Å²) < 4.78 is 27.5. The number of anilines is 2. The van der Waals surface area contributed by atoms with Crippen molar-refractivity contribution in [2.75, 3.05) is 22.7 Å². The predicted molar refractivity (Wildman–Crippen MR) is 97.0 cm³/mol. The van der Waals surface area contributed by atoms with Gasteiger partial charge in [0.2, 0.25) is 0 Å². The average molecular weight is 345 g/mol. The summed E-state index contributed by atoms with van der Waals surface area (Å²) in [5.74, 6) is 1.27. The van der Waals surface area contributed by atoms with E-state index in [0.717, 1.165) is 24.5 Å². The highest BCUT2D eigenvalue weighted by molar-refractivity contribution is 7.92. The number of aromatic nitrogens is 1. The minimum absolute atomic E-state index is 0.260. The lowest BCUT2D eigenvalue weighted by Gasteiger charge is -2.16. The molecular formula is C18H23N3O2S. The third kappa shape index (κ3) is 3.70. The Hall–Kier alpha value is -2.08. The number of pyridine rings is 1. The molecule has 0 bridgehead atoms. The van der Waals surface area contributed by atoms with Crippen LogP contribution in [0.5, 0.6) is 0 Å². The van der Waals surface area contributed by atoms with Gasteiger partial charge in [-0.15, -0.1) is 0 Å². The molecule has 1 aromatic carbocycles. The first-order chi connectivity index (χ1) is 11.5. The molecule has 24 heavy (non-hydrogen) atoms. The first-order valence-corrected chi connectivity index (χ1v) is 9.78. The molecule has 0 atom stereocenters. The maximum atomic E-state index is 12.5. The van der Waals surface area contributed by atoms with E-state index in [4.69, 9.17) is 0 Å². The second-order valence-electron chi connectivity index (χ2n) is 6.43. The molecule has 0 radical (unpaired) electrons. The summed E-state index contributed by atoms with van der Waals surface area (Å²) in [5, 5.41) is 0. The van der Waals surface area contributed by atoms with E-state index >= 15 is 0 Å². The molecule has 2 aromatic rings. The van der Waals surface area contributed by atoms with Crippen molar-refractivity contribution in [3.05, 3.63) is 48.2 Å². The number of nitrogens with zero attached hydrogens (tertiary/aromatic N) is 2. The van der Waals surface area contributed by atoms with E-state index in [-0.39, 0.29) is 4.90 Å². The fourth-order valence-corrected chi connectivity index (χ4v) is 3.87. The Kier molecular flexibility index (Phi) is 4.76. The number of nitrogens with one attached hydrogen (secondary N) is 1. The number of sulfonamides is 1. The van der Waals surface area contributed by atoms with Gasteiger partial charge in [0.05, 0.1) is 16.8 Å². The molecule has 128 valence electrons. The lowest BCUT2D eigenvalue weighted by Crippen LogP contribution is -2.19. The van der Waals surface area contributed by atoms with Crippen LogP contribution in [0.25, 0.3) is 0 Å². The Bertz CT molecular complexity index is 778. The van der Waals surface area contributed by atoms with E-state index in [9.17, 15) is 8.42 Å². The Morgan fingerprint density at radius 3 is 2.25 bits per heavy atom. The summed E-state index contributed by atoms with van der Waals surface area (Å²) in [4.78, 5) is 6.85. The molecule has 0 saturated carbocycles. The van der Waals surface area contributed by atoms with Crippen molar-refractivity contribution in [2.45, 2.75) is 37.5 Å². The lowest BCUT2D eigenvalue weighted by atomic mass is 10.0. The molecule has 1 N–H and O–H groups in total. The lowest BCUT2D eigenvalue weighted by molar-refractivity contribution is 0.601. The van der Waals surface area contributed by atoms with Crippen LogP contribution in [-0.2, 0) is 10.0 Å². The molecule has 0 unspecified atom stereocenters. The van der Waals surface area contributed by atoms with Crippen LogP contribution in [0.15, 0.2) is 47.5 Å². The Morgan fingerprint density at radius 1 is 1.04 bits per heavy atom. The van der Waals surface area contributed by atoms with Crippen molar-refractivity contribution in [3.8, 4) is 0 Å². The molecular weight excluding hydrogens is 322 g/mol. The van der Waals surface area contributed by atoms with Crippen molar-refractivity contribution in [1.82, 2.24) is 4.98 Å². The van der Waals surface area contributed by atoms with Crippen molar-refractivity contribution < 1.29 is 8.42 Å². The maximum absolute atomic E-state index is 12.5. The highest BCUT2D eigenvalue weighted by atomic mass is 32.2. The molecule has 0 aliphatic carbocycles. The quantitative estimate of drug-likeness (QED) is 0.899.